The van der Waals surface area contributed by atoms with Crippen LogP contribution in [0.25, 0.3) is 0 Å². The van der Waals surface area contributed by atoms with Crippen molar-refractivity contribution in [2.45, 2.75) is 47.3 Å². The predicted molar refractivity (Wildman–Crippen MR) is 91.6 cm³/mol. The van der Waals surface area contributed by atoms with E-state index in [-0.39, 0.29) is 0 Å². The van der Waals surface area contributed by atoms with Crippen molar-refractivity contribution in [3.05, 3.63) is 30.3 Å². The number of para-hydroxylation sites is 1. The van der Waals surface area contributed by atoms with Crippen molar-refractivity contribution in [3.8, 4) is 0 Å². The molecule has 0 aliphatic carbocycles. The maximum absolute atomic E-state index is 13.9. The Morgan fingerprint density at radius 1 is 0.564 bits per heavy atom. The van der Waals surface area contributed by atoms with Crippen LogP contribution in [-0.4, -0.2) is 74.4 Å². The Balaban J connectivity index is 0.000000768. The van der Waals surface area contributed by atoms with Gasteiger partial charge in [-0.3, -0.25) is 0 Å². The predicted octanol–water partition coefficient (Wildman–Crippen LogP) is 6.64. The number of halogens is 18. The van der Waals surface area contributed by atoms with Crippen molar-refractivity contribution in [1.29, 1.82) is 0 Å². The van der Waals surface area contributed by atoms with Crippen molar-refractivity contribution in [2.24, 2.45) is 0 Å². The van der Waals surface area contributed by atoms with Gasteiger partial charge in [-0.1, -0.05) is 18.2 Å². The number of nitrogens with zero attached hydrogens (tertiary/aromatic N) is 1. The highest BCUT2D eigenvalue weighted by molar-refractivity contribution is 7.86. The summed E-state index contributed by atoms with van der Waals surface area (Å²) in [4.78, 5) is 0. The molecular weight excluding hydrogens is 628 g/mol. The third kappa shape index (κ3) is 5.84. The highest BCUT2D eigenvalue weighted by atomic mass is 32.2. The molecule has 0 unspecified atom stereocenters. The highest BCUT2D eigenvalue weighted by Crippen LogP contribution is 2.56. The molecule has 1 rings (SSSR count). The van der Waals surface area contributed by atoms with E-state index in [9.17, 15) is 92.0 Å². The van der Waals surface area contributed by atoms with Gasteiger partial charge in [-0.05, 0) is 12.1 Å². The number of hydrogen-bond donors (Lipinski definition) is 0. The summed E-state index contributed by atoms with van der Waals surface area (Å²) in [5.41, 5.74) is -0.565. The van der Waals surface area contributed by atoms with Crippen molar-refractivity contribution in [1.82, 2.24) is 4.48 Å². The zero-order valence-electron chi connectivity index (χ0n) is 18.3. The minimum atomic E-state index is -7.43. The molecule has 0 aromatic heterocycles. The fourth-order valence-electron chi connectivity index (χ4n) is 2.20. The maximum Gasteiger partial charge on any atom is 0.466 e. The van der Waals surface area contributed by atoms with Gasteiger partial charge in [-0.15, -0.1) is 8.78 Å². The largest absolute Gasteiger partial charge is 0.743 e. The first-order valence-corrected chi connectivity index (χ1v) is 10.3. The molecule has 0 radical (unpaired) electrons. The quantitative estimate of drug-likeness (QED) is 0.146. The van der Waals surface area contributed by atoms with Crippen LogP contribution < -0.4 is 4.48 Å². The first-order valence-electron chi connectivity index (χ1n) is 8.86. The van der Waals surface area contributed by atoms with E-state index in [0.717, 1.165) is 24.3 Å². The van der Waals surface area contributed by atoms with Crippen molar-refractivity contribution < 1.29 is 92.0 Å². The van der Waals surface area contributed by atoms with Crippen molar-refractivity contribution >= 4 is 15.8 Å². The molecule has 0 amide bonds. The average molecular weight is 639 g/mol. The molecule has 23 heteroatoms. The summed E-state index contributed by atoms with van der Waals surface area (Å²) in [7, 11) is -6.59. The minimum absolute atomic E-state index is 0.412. The van der Waals surface area contributed by atoms with Gasteiger partial charge in [-0.25, -0.2) is 12.9 Å². The molecular formula is C16H11F18NO3S. The van der Waals surface area contributed by atoms with Crippen LogP contribution >= 0.6 is 0 Å². The molecule has 0 spiro atoms. The second-order valence-electron chi connectivity index (χ2n) is 7.59. The van der Waals surface area contributed by atoms with Gasteiger partial charge in [0, 0.05) is 0 Å². The summed E-state index contributed by atoms with van der Waals surface area (Å²) in [5.74, 6) is -28.4. The topological polar surface area (TPSA) is 57.2 Å². The van der Waals surface area contributed by atoms with Crippen LogP contribution in [0.3, 0.4) is 0 Å². The lowest BCUT2D eigenvalue weighted by molar-refractivity contribution is -0.413. The van der Waals surface area contributed by atoms with Crippen LogP contribution in [0, 0.1) is 0 Å². The molecule has 39 heavy (non-hydrogen) atoms. The van der Waals surface area contributed by atoms with E-state index in [2.05, 4.69) is 0 Å². The fraction of sp³-hybridized carbons (Fsp3) is 0.625. The summed E-state index contributed by atoms with van der Waals surface area (Å²) < 4.78 is 250. The summed E-state index contributed by atoms with van der Waals surface area (Å²) in [6, 6.07) is -0.250. The third-order valence-corrected chi connectivity index (χ3v) is 5.55. The Hall–Kier alpha value is -2.17. The molecule has 0 heterocycles. The summed E-state index contributed by atoms with van der Waals surface area (Å²) >= 11 is 0. The van der Waals surface area contributed by atoms with Gasteiger partial charge in [0.05, 0.1) is 14.1 Å². The first kappa shape index (κ1) is 36.8. The van der Waals surface area contributed by atoms with E-state index >= 15 is 0 Å². The van der Waals surface area contributed by atoms with Gasteiger partial charge in [0.15, 0.2) is 10.1 Å². The van der Waals surface area contributed by atoms with E-state index in [4.69, 9.17) is 0 Å². The molecule has 0 saturated heterocycles. The monoisotopic (exact) mass is 639 g/mol. The van der Waals surface area contributed by atoms with Gasteiger partial charge in [-0.2, -0.15) is 70.2 Å². The second kappa shape index (κ2) is 10.0. The molecule has 0 saturated carbocycles. The highest BCUT2D eigenvalue weighted by Gasteiger charge is 2.87. The zero-order valence-corrected chi connectivity index (χ0v) is 19.1. The second-order valence-corrected chi connectivity index (χ2v) is 9.02. The van der Waals surface area contributed by atoms with E-state index in [1.54, 1.807) is 0 Å². The number of alkyl halides is 18. The van der Waals surface area contributed by atoms with Gasteiger partial charge < -0.3 is 4.55 Å². The van der Waals surface area contributed by atoms with Gasteiger partial charge >= 0.3 is 47.3 Å². The molecule has 0 atom stereocenters. The Morgan fingerprint density at radius 2 is 0.872 bits per heavy atom. The molecule has 0 N–H and O–H groups in total. The van der Waals surface area contributed by atoms with Gasteiger partial charge in [0.25, 0.3) is 0 Å². The Kier molecular flexibility index (Phi) is 9.47. The number of benzene rings is 1. The van der Waals surface area contributed by atoms with Gasteiger partial charge in [0.2, 0.25) is 0 Å². The van der Waals surface area contributed by atoms with Crippen LogP contribution in [-0.2, 0) is 10.1 Å². The lowest BCUT2D eigenvalue weighted by atomic mass is 10.1. The number of hydrogen-bond acceptors (Lipinski definition) is 3. The third-order valence-electron chi connectivity index (χ3n) is 4.66. The average Bonchev–Trinajstić information content (AvgIpc) is 2.71. The lowest BCUT2D eigenvalue weighted by Crippen LogP contribution is -2.72. The number of rotatable bonds is 7. The minimum Gasteiger partial charge on any atom is -0.743 e. The molecule has 0 aliphatic heterocycles. The first-order chi connectivity index (χ1) is 16.6. The Bertz CT molecular complexity index is 1090. The summed E-state index contributed by atoms with van der Waals surface area (Å²) in [5, 5.41) is -7.11. The Morgan fingerprint density at radius 3 is 1.15 bits per heavy atom. The van der Waals surface area contributed by atoms with Crippen LogP contribution in [0.5, 0.6) is 0 Å². The normalized spacial score (nSPS) is 15.5. The lowest BCUT2D eigenvalue weighted by Gasteiger charge is -2.42. The van der Waals surface area contributed by atoms with Crippen LogP contribution in [0.15, 0.2) is 30.3 Å². The van der Waals surface area contributed by atoms with Crippen LogP contribution in [0.4, 0.5) is 84.7 Å². The molecule has 1 aromatic carbocycles. The molecule has 4 nitrogen and oxygen atoms in total. The molecule has 0 bridgehead atoms. The van der Waals surface area contributed by atoms with E-state index in [1.807, 2.05) is 0 Å². The zero-order chi connectivity index (χ0) is 32.1. The van der Waals surface area contributed by atoms with Crippen LogP contribution in [0.1, 0.15) is 0 Å². The molecule has 230 valence electrons. The van der Waals surface area contributed by atoms with Gasteiger partial charge in [0.1, 0.15) is 5.69 Å². The molecule has 1 aromatic rings. The Labute approximate surface area is 205 Å². The van der Waals surface area contributed by atoms with E-state index < -0.39 is 67.6 Å². The molecule has 0 aliphatic rings. The molecule has 0 fully saturated rings. The number of quaternary nitrogens is 1. The van der Waals surface area contributed by atoms with Crippen molar-refractivity contribution in [2.75, 3.05) is 14.1 Å². The van der Waals surface area contributed by atoms with E-state index in [0.29, 0.717) is 14.1 Å². The smallest absolute Gasteiger partial charge is 0.466 e. The van der Waals surface area contributed by atoms with Crippen molar-refractivity contribution in [3.63, 3.8) is 0 Å². The van der Waals surface area contributed by atoms with E-state index in [1.165, 1.54) is 6.07 Å². The summed E-state index contributed by atoms with van der Waals surface area (Å²) in [6.45, 7) is 0. The standard InChI is InChI=1S/C12H11F9N.C4HF9O3S/c1-22(2,8-6-4-3-5-7-8)12(20,21)10(15,16)9(13,14)11(17,18)19;5-1(6,3(9,10)11)2(7,8)4(12,13)17(14,15)16/h3-7H,1-2H3;(H,14,15,16)/q+1;/p-1. The maximum atomic E-state index is 13.9. The fourth-order valence-corrected chi connectivity index (χ4v) is 2.64. The van der Waals surface area contributed by atoms with Crippen LogP contribution in [0.2, 0.25) is 0 Å². The summed E-state index contributed by atoms with van der Waals surface area (Å²) in [6.07, 6.45) is -14.0. The SMILES string of the molecule is C[N+](C)(c1ccccc1)C(F)(F)C(F)(F)C(F)(F)C(F)(F)F.O=S(=O)([O-])C(F)(F)C(F)(F)C(F)(F)C(F)(F)F.